The fraction of sp³-hybridized carbons (Fsp3) is 0.238. The number of halogens is 1. The van der Waals surface area contributed by atoms with E-state index in [2.05, 4.69) is 5.10 Å². The van der Waals surface area contributed by atoms with Crippen molar-refractivity contribution in [1.29, 1.82) is 0 Å². The summed E-state index contributed by atoms with van der Waals surface area (Å²) >= 11 is 8.42. The smallest absolute Gasteiger partial charge is 0.267 e. The molecule has 8 heteroatoms. The summed E-state index contributed by atoms with van der Waals surface area (Å²) in [6, 6.07) is 15.7. The van der Waals surface area contributed by atoms with Gasteiger partial charge in [0, 0.05) is 45.9 Å². The summed E-state index contributed by atoms with van der Waals surface area (Å²) in [6.07, 6.45) is 2.78. The number of carbonyl (C=O) groups excluding carboxylic acids is 1. The molecule has 1 saturated carbocycles. The number of hydrogen-bond donors (Lipinski definition) is 0. The Morgan fingerprint density at radius 2 is 1.86 bits per heavy atom. The van der Waals surface area contributed by atoms with Crippen molar-refractivity contribution in [2.75, 3.05) is 0 Å². The minimum absolute atomic E-state index is 0.0766. The first-order valence-electron chi connectivity index (χ1n) is 9.27. The van der Waals surface area contributed by atoms with E-state index in [1.165, 1.54) is 16.8 Å². The average molecular weight is 426 g/mol. The number of nitrogens with zero attached hydrogens (tertiary/aromatic N) is 3. The number of hydrogen-bond acceptors (Lipinski definition) is 5. The normalized spacial score (nSPS) is 24.4. The van der Waals surface area contributed by atoms with E-state index in [4.69, 9.17) is 11.6 Å². The van der Waals surface area contributed by atoms with Crippen LogP contribution in [0.1, 0.15) is 39.9 Å². The maximum atomic E-state index is 12.7. The van der Waals surface area contributed by atoms with Gasteiger partial charge >= 0.3 is 0 Å². The maximum absolute atomic E-state index is 12.7. The summed E-state index contributed by atoms with van der Waals surface area (Å²) in [4.78, 5) is 24.1. The number of benzene rings is 2. The largest absolute Gasteiger partial charge is 0.278 e. The number of aromatic nitrogens is 2. The first-order valence-corrected chi connectivity index (χ1v) is 10.6. The summed E-state index contributed by atoms with van der Waals surface area (Å²) < 4.78 is 1.43. The van der Waals surface area contributed by atoms with Crippen molar-refractivity contribution in [1.82, 2.24) is 9.78 Å². The van der Waals surface area contributed by atoms with E-state index < -0.39 is 4.92 Å². The van der Waals surface area contributed by atoms with Gasteiger partial charge in [-0.1, -0.05) is 18.2 Å². The Balaban J connectivity index is 1.40. The molecular weight excluding hydrogens is 410 g/mol. The topological polar surface area (TPSA) is 78.0 Å². The number of rotatable bonds is 4. The third-order valence-electron chi connectivity index (χ3n) is 5.67. The van der Waals surface area contributed by atoms with Gasteiger partial charge in [0.25, 0.3) is 11.6 Å². The van der Waals surface area contributed by atoms with Gasteiger partial charge in [-0.25, -0.2) is 4.68 Å². The lowest BCUT2D eigenvalue weighted by Crippen LogP contribution is -2.24. The molecule has 0 unspecified atom stereocenters. The highest BCUT2D eigenvalue weighted by molar-refractivity contribution is 8.00. The van der Waals surface area contributed by atoms with Crippen LogP contribution in [0.5, 0.6) is 0 Å². The van der Waals surface area contributed by atoms with E-state index >= 15 is 0 Å². The maximum Gasteiger partial charge on any atom is 0.278 e. The molecule has 6 nitrogen and oxygen atoms in total. The summed E-state index contributed by atoms with van der Waals surface area (Å²) in [5.74, 6) is 0.192. The number of carbonyl (C=O) groups is 1. The molecule has 2 aromatic carbocycles. The summed E-state index contributed by atoms with van der Waals surface area (Å²) in [5.41, 5.74) is 2.70. The fourth-order valence-electron chi connectivity index (χ4n) is 4.30. The Morgan fingerprint density at radius 1 is 1.14 bits per heavy atom. The number of alkyl halides is 1. The van der Waals surface area contributed by atoms with Crippen LogP contribution in [0.3, 0.4) is 0 Å². The Bertz CT molecular complexity index is 1100. The van der Waals surface area contributed by atoms with Crippen LogP contribution >= 0.6 is 23.4 Å². The minimum Gasteiger partial charge on any atom is -0.267 e. The van der Waals surface area contributed by atoms with Crippen LogP contribution in [-0.2, 0) is 0 Å². The third kappa shape index (κ3) is 3.05. The molecule has 0 N–H and O–H groups in total. The molecule has 0 saturated heterocycles. The number of non-ortho nitro benzene ring substituents is 1. The first kappa shape index (κ1) is 18.4. The Hall–Kier alpha value is -2.64. The van der Waals surface area contributed by atoms with E-state index in [1.54, 1.807) is 36.0 Å². The standard InChI is InChI=1S/C21H16ClN3O3S/c22-18-16-10-15(20(18)29-14-8-6-13(7-9-14)25(27)28)17-11-24(23-19(16)17)21(26)12-4-2-1-3-5-12/h1-9,11,15-16,18,20H,10H2/t15-,16-,18-,20-/m0/s1. The van der Waals surface area contributed by atoms with Gasteiger partial charge < -0.3 is 0 Å². The molecule has 0 spiro atoms. The zero-order valence-electron chi connectivity index (χ0n) is 15.1. The van der Waals surface area contributed by atoms with Crippen LogP contribution < -0.4 is 0 Å². The minimum atomic E-state index is -0.402. The van der Waals surface area contributed by atoms with Crippen molar-refractivity contribution >= 4 is 35.0 Å². The van der Waals surface area contributed by atoms with Crippen LogP contribution in [0, 0.1) is 10.1 Å². The van der Waals surface area contributed by atoms with Crippen molar-refractivity contribution in [2.45, 2.75) is 33.8 Å². The van der Waals surface area contributed by atoms with Crippen LogP contribution in [0.2, 0.25) is 0 Å². The molecule has 1 fully saturated rings. The lowest BCUT2D eigenvalue weighted by atomic mass is 9.97. The van der Waals surface area contributed by atoms with Gasteiger partial charge in [-0.05, 0) is 36.2 Å². The molecule has 29 heavy (non-hydrogen) atoms. The number of nitro benzene ring substituents is 1. The monoisotopic (exact) mass is 425 g/mol. The summed E-state index contributed by atoms with van der Waals surface area (Å²) in [5, 5.41) is 15.5. The van der Waals surface area contributed by atoms with Gasteiger partial charge in [-0.3, -0.25) is 14.9 Å². The zero-order chi connectivity index (χ0) is 20.1. The molecule has 0 aliphatic heterocycles. The highest BCUT2D eigenvalue weighted by Gasteiger charge is 2.52. The van der Waals surface area contributed by atoms with E-state index in [0.717, 1.165) is 22.6 Å². The highest BCUT2D eigenvalue weighted by atomic mass is 35.5. The Kier molecular flexibility index (Phi) is 4.44. The predicted molar refractivity (Wildman–Crippen MR) is 111 cm³/mol. The Morgan fingerprint density at radius 3 is 2.55 bits per heavy atom. The molecule has 146 valence electrons. The van der Waals surface area contributed by atoms with Crippen LogP contribution in [0.25, 0.3) is 0 Å². The second-order valence-corrected chi connectivity index (χ2v) is 9.07. The molecule has 0 radical (unpaired) electrons. The molecule has 2 aliphatic carbocycles. The lowest BCUT2D eigenvalue weighted by molar-refractivity contribution is -0.384. The predicted octanol–water partition coefficient (Wildman–Crippen LogP) is 4.83. The van der Waals surface area contributed by atoms with Gasteiger partial charge in [0.05, 0.1) is 16.0 Å². The van der Waals surface area contributed by atoms with Gasteiger partial charge in [0.1, 0.15) is 0 Å². The van der Waals surface area contributed by atoms with Crippen molar-refractivity contribution in [3.63, 3.8) is 0 Å². The van der Waals surface area contributed by atoms with Crippen LogP contribution in [0.4, 0.5) is 5.69 Å². The molecular formula is C21H16ClN3O3S. The molecule has 2 bridgehead atoms. The van der Waals surface area contributed by atoms with E-state index in [-0.39, 0.29) is 34.1 Å². The van der Waals surface area contributed by atoms with Crippen molar-refractivity contribution < 1.29 is 9.72 Å². The van der Waals surface area contributed by atoms with E-state index in [9.17, 15) is 14.9 Å². The molecule has 0 amide bonds. The van der Waals surface area contributed by atoms with Crippen molar-refractivity contribution in [3.8, 4) is 0 Å². The van der Waals surface area contributed by atoms with E-state index in [0.29, 0.717) is 5.56 Å². The average Bonchev–Trinajstić information content (AvgIpc) is 3.40. The van der Waals surface area contributed by atoms with Gasteiger partial charge in [-0.2, -0.15) is 5.10 Å². The molecule has 1 heterocycles. The molecule has 5 rings (SSSR count). The molecule has 3 aromatic rings. The number of thioether (sulfide) groups is 1. The fourth-order valence-corrected chi connectivity index (χ4v) is 6.20. The molecule has 1 aromatic heterocycles. The lowest BCUT2D eigenvalue weighted by Gasteiger charge is -2.25. The van der Waals surface area contributed by atoms with Crippen LogP contribution in [0.15, 0.2) is 65.7 Å². The van der Waals surface area contributed by atoms with Crippen molar-refractivity contribution in [2.24, 2.45) is 0 Å². The molecule has 4 atom stereocenters. The summed E-state index contributed by atoms with van der Waals surface area (Å²) in [6.45, 7) is 0. The van der Waals surface area contributed by atoms with Gasteiger partial charge in [-0.15, -0.1) is 23.4 Å². The molecule has 2 aliphatic rings. The quantitative estimate of drug-likeness (QED) is 0.340. The zero-order valence-corrected chi connectivity index (χ0v) is 16.7. The van der Waals surface area contributed by atoms with E-state index in [1.807, 2.05) is 24.4 Å². The second kappa shape index (κ2) is 7.00. The first-order chi connectivity index (χ1) is 14.0. The summed E-state index contributed by atoms with van der Waals surface area (Å²) in [7, 11) is 0. The van der Waals surface area contributed by atoms with Gasteiger partial charge in [0.2, 0.25) is 0 Å². The highest BCUT2D eigenvalue weighted by Crippen LogP contribution is 2.59. The Labute approximate surface area is 176 Å². The number of nitro groups is 1. The van der Waals surface area contributed by atoms with Crippen LogP contribution in [-0.4, -0.2) is 31.2 Å². The van der Waals surface area contributed by atoms with Gasteiger partial charge in [0.15, 0.2) is 0 Å². The van der Waals surface area contributed by atoms with Crippen molar-refractivity contribution in [3.05, 3.63) is 87.7 Å². The second-order valence-electron chi connectivity index (χ2n) is 7.31. The SMILES string of the molecule is O=C(c1ccccc1)n1cc2c(n1)[C@H]1C[C@@H]2[C@H](Sc2ccc([N+](=O)[O-])cc2)[C@H]1Cl. The number of fused-ring (bicyclic) bond motifs is 5. The third-order valence-corrected chi connectivity index (χ3v) is 7.84.